The number of anilines is 3. The van der Waals surface area contributed by atoms with Crippen LogP contribution in [-0.4, -0.2) is 65.8 Å². The van der Waals surface area contributed by atoms with Crippen molar-refractivity contribution >= 4 is 29.0 Å². The lowest BCUT2D eigenvalue weighted by Gasteiger charge is -2.23. The summed E-state index contributed by atoms with van der Waals surface area (Å²) in [7, 11) is 5.83. The van der Waals surface area contributed by atoms with Crippen LogP contribution in [-0.2, 0) is 11.2 Å². The summed E-state index contributed by atoms with van der Waals surface area (Å²) in [5, 5.41) is 6.51. The molecule has 0 saturated carbocycles. The third-order valence-electron chi connectivity index (χ3n) is 7.06. The topological polar surface area (TPSA) is 93.4 Å². The third-order valence-corrected chi connectivity index (χ3v) is 7.06. The summed E-state index contributed by atoms with van der Waals surface area (Å²) in [5.74, 6) is 0.0366. The summed E-state index contributed by atoms with van der Waals surface area (Å²) >= 11 is 0. The number of likely N-dealkylation sites (N-methyl/N-ethyl adjacent to an activating group) is 1. The summed E-state index contributed by atoms with van der Waals surface area (Å²) in [4.78, 5) is 38.4. The highest BCUT2D eigenvalue weighted by Crippen LogP contribution is 2.38. The molecule has 1 unspecified atom stereocenters. The highest BCUT2D eigenvalue weighted by Gasteiger charge is 2.30. The Balaban J connectivity index is 1.47. The Morgan fingerprint density at radius 1 is 1.08 bits per heavy atom. The van der Waals surface area contributed by atoms with Crippen molar-refractivity contribution in [3.63, 3.8) is 0 Å². The van der Waals surface area contributed by atoms with Gasteiger partial charge in [-0.1, -0.05) is 48.5 Å². The number of fused-ring (bicyclic) bond motifs is 1. The largest absolute Gasteiger partial charge is 0.356 e. The Hall–Kier alpha value is -4.43. The first-order valence-electron chi connectivity index (χ1n) is 13.2. The van der Waals surface area contributed by atoms with Crippen LogP contribution >= 0.6 is 0 Å². The number of H-pyrrole nitrogens is 1. The normalized spacial score (nSPS) is 13.7. The van der Waals surface area contributed by atoms with Crippen molar-refractivity contribution in [1.29, 1.82) is 0 Å². The van der Waals surface area contributed by atoms with E-state index in [-0.39, 0.29) is 17.7 Å². The molecular weight excluding hydrogens is 488 g/mol. The minimum atomic E-state index is -0.305. The van der Waals surface area contributed by atoms with Gasteiger partial charge in [-0.15, -0.1) is 0 Å². The zero-order chi connectivity index (χ0) is 27.4. The van der Waals surface area contributed by atoms with Crippen LogP contribution in [0, 0.1) is 0 Å². The predicted molar refractivity (Wildman–Crippen MR) is 155 cm³/mol. The smallest absolute Gasteiger partial charge is 0.257 e. The van der Waals surface area contributed by atoms with Gasteiger partial charge in [-0.05, 0) is 56.9 Å². The first kappa shape index (κ1) is 26.2. The van der Waals surface area contributed by atoms with E-state index in [4.69, 9.17) is 0 Å². The van der Waals surface area contributed by atoms with E-state index in [0.29, 0.717) is 24.3 Å². The summed E-state index contributed by atoms with van der Waals surface area (Å²) in [6.45, 7) is 1.44. The molecule has 3 heterocycles. The van der Waals surface area contributed by atoms with E-state index in [9.17, 15) is 9.59 Å². The van der Waals surface area contributed by atoms with Gasteiger partial charge in [-0.2, -0.15) is 0 Å². The molecule has 1 atom stereocenters. The molecule has 8 nitrogen and oxygen atoms in total. The second kappa shape index (κ2) is 11.5. The number of benzene rings is 2. The maximum absolute atomic E-state index is 13.5. The van der Waals surface area contributed by atoms with Crippen molar-refractivity contribution in [2.75, 3.05) is 44.9 Å². The Labute approximate surface area is 229 Å². The zero-order valence-corrected chi connectivity index (χ0v) is 22.6. The lowest BCUT2D eigenvalue weighted by Crippen LogP contribution is -2.34. The molecule has 2 amide bonds. The predicted octanol–water partition coefficient (Wildman–Crippen LogP) is 5.12. The monoisotopic (exact) mass is 522 g/mol. The number of rotatable bonds is 9. The van der Waals surface area contributed by atoms with Crippen LogP contribution in [0.2, 0.25) is 0 Å². The second-order valence-electron chi connectivity index (χ2n) is 10.2. The molecule has 2 aromatic heterocycles. The zero-order valence-electron chi connectivity index (χ0n) is 22.6. The number of aromatic nitrogens is 2. The van der Waals surface area contributed by atoms with E-state index in [0.717, 1.165) is 46.9 Å². The molecule has 0 fully saturated rings. The van der Waals surface area contributed by atoms with Crippen LogP contribution in [0.1, 0.15) is 34.0 Å². The fourth-order valence-electron chi connectivity index (χ4n) is 4.94. The van der Waals surface area contributed by atoms with Crippen molar-refractivity contribution in [3.8, 4) is 11.3 Å². The van der Waals surface area contributed by atoms with Crippen LogP contribution < -0.4 is 10.6 Å². The molecule has 8 heteroatoms. The molecule has 39 heavy (non-hydrogen) atoms. The molecule has 0 aliphatic carbocycles. The maximum Gasteiger partial charge on any atom is 0.257 e. The van der Waals surface area contributed by atoms with Crippen molar-refractivity contribution in [1.82, 2.24) is 19.8 Å². The van der Waals surface area contributed by atoms with E-state index in [1.807, 2.05) is 93.9 Å². The average molecular weight is 523 g/mol. The van der Waals surface area contributed by atoms with E-state index >= 15 is 0 Å². The van der Waals surface area contributed by atoms with Crippen molar-refractivity contribution in [3.05, 3.63) is 95.8 Å². The van der Waals surface area contributed by atoms with Gasteiger partial charge in [0.1, 0.15) is 5.82 Å². The number of nitrogens with zero attached hydrogens (tertiary/aromatic N) is 3. The molecular formula is C31H34N6O2. The standard InChI is InChI=1S/C31H34N6O2/c1-36(2)18-15-24(21-10-6-4-7-11-21)30(38)35-26-20-22(14-17-32-26)28-29(33-23-12-8-5-9-13-23)27-25(34-28)16-19-37(3)31(27)39/h4-14,17,20,24,33-34H,15-16,18-19H2,1-3H3,(H,32,35,38). The van der Waals surface area contributed by atoms with Gasteiger partial charge in [0.15, 0.2) is 0 Å². The molecule has 2 aromatic carbocycles. The molecule has 4 aromatic rings. The van der Waals surface area contributed by atoms with Gasteiger partial charge < -0.3 is 25.4 Å². The first-order valence-corrected chi connectivity index (χ1v) is 13.2. The summed E-state index contributed by atoms with van der Waals surface area (Å²) in [5.41, 5.74) is 5.76. The lowest BCUT2D eigenvalue weighted by molar-refractivity contribution is -0.117. The number of carbonyl (C=O) groups is 2. The van der Waals surface area contributed by atoms with Crippen LogP contribution in [0.15, 0.2) is 79.0 Å². The highest BCUT2D eigenvalue weighted by atomic mass is 16.2. The fourth-order valence-corrected chi connectivity index (χ4v) is 4.94. The van der Waals surface area contributed by atoms with E-state index in [1.54, 1.807) is 11.1 Å². The number of nitrogens with one attached hydrogen (secondary N) is 3. The van der Waals surface area contributed by atoms with Crippen LogP contribution in [0.5, 0.6) is 0 Å². The SMILES string of the molecule is CN(C)CCC(C(=O)Nc1cc(-c2[nH]c3c(c2Nc2ccccc2)C(=O)N(C)CC3)ccn1)c1ccccc1. The van der Waals surface area contributed by atoms with Crippen LogP contribution in [0.3, 0.4) is 0 Å². The summed E-state index contributed by atoms with van der Waals surface area (Å²) < 4.78 is 0. The van der Waals surface area contributed by atoms with Gasteiger partial charge >= 0.3 is 0 Å². The Kier molecular flexibility index (Phi) is 7.74. The number of hydrogen-bond acceptors (Lipinski definition) is 5. The van der Waals surface area contributed by atoms with Crippen LogP contribution in [0.4, 0.5) is 17.2 Å². The number of carbonyl (C=O) groups excluding carboxylic acids is 2. The van der Waals surface area contributed by atoms with Crippen molar-refractivity contribution in [2.45, 2.75) is 18.8 Å². The minimum absolute atomic E-state index is 0.0219. The molecule has 200 valence electrons. The number of para-hydroxylation sites is 1. The molecule has 0 spiro atoms. The number of hydrogen-bond donors (Lipinski definition) is 3. The molecule has 0 bridgehead atoms. The molecule has 1 aliphatic heterocycles. The average Bonchev–Trinajstić information content (AvgIpc) is 3.31. The molecule has 1 aliphatic rings. The van der Waals surface area contributed by atoms with Crippen molar-refractivity contribution in [2.24, 2.45) is 0 Å². The molecule has 3 N–H and O–H groups in total. The fraction of sp³-hybridized carbons (Fsp3) is 0.258. The first-order chi connectivity index (χ1) is 18.9. The Morgan fingerprint density at radius 3 is 2.51 bits per heavy atom. The summed E-state index contributed by atoms with van der Waals surface area (Å²) in [6.07, 6.45) is 3.11. The van der Waals surface area contributed by atoms with E-state index in [1.165, 1.54) is 0 Å². The summed E-state index contributed by atoms with van der Waals surface area (Å²) in [6, 6.07) is 23.4. The van der Waals surface area contributed by atoms with E-state index < -0.39 is 0 Å². The molecule has 0 saturated heterocycles. The molecule has 5 rings (SSSR count). The van der Waals surface area contributed by atoms with Gasteiger partial charge in [-0.3, -0.25) is 9.59 Å². The lowest BCUT2D eigenvalue weighted by atomic mass is 9.94. The Bertz CT molecular complexity index is 1450. The van der Waals surface area contributed by atoms with E-state index in [2.05, 4.69) is 25.5 Å². The maximum atomic E-state index is 13.5. The Morgan fingerprint density at radius 2 is 1.79 bits per heavy atom. The van der Waals surface area contributed by atoms with Gasteiger partial charge in [0.05, 0.1) is 22.9 Å². The number of pyridine rings is 1. The quantitative estimate of drug-likeness (QED) is 0.284. The van der Waals surface area contributed by atoms with Crippen molar-refractivity contribution < 1.29 is 9.59 Å². The number of aromatic amines is 1. The highest BCUT2D eigenvalue weighted by molar-refractivity contribution is 6.06. The minimum Gasteiger partial charge on any atom is -0.356 e. The third kappa shape index (κ3) is 5.86. The van der Waals surface area contributed by atoms with Gasteiger partial charge in [0.2, 0.25) is 5.91 Å². The van der Waals surface area contributed by atoms with Crippen LogP contribution in [0.25, 0.3) is 11.3 Å². The van der Waals surface area contributed by atoms with Gasteiger partial charge in [0, 0.05) is 43.2 Å². The van der Waals surface area contributed by atoms with Gasteiger partial charge in [0.25, 0.3) is 5.91 Å². The van der Waals surface area contributed by atoms with Gasteiger partial charge in [-0.25, -0.2) is 4.98 Å². The number of amides is 2. The second-order valence-corrected chi connectivity index (χ2v) is 10.2. The molecule has 0 radical (unpaired) electrons.